The van der Waals surface area contributed by atoms with Gasteiger partial charge in [-0.1, -0.05) is 18.2 Å². The van der Waals surface area contributed by atoms with E-state index in [-0.39, 0.29) is 11.4 Å². The van der Waals surface area contributed by atoms with Crippen LogP contribution in [0.25, 0.3) is 0 Å². The Bertz CT molecular complexity index is 514. The van der Waals surface area contributed by atoms with Crippen LogP contribution in [-0.2, 0) is 4.74 Å². The summed E-state index contributed by atoms with van der Waals surface area (Å²) in [5, 5.41) is 7.45. The molecule has 0 amide bonds. The van der Waals surface area contributed by atoms with Crippen molar-refractivity contribution >= 4 is 5.97 Å². The Balaban J connectivity index is 2.30. The molecule has 0 saturated heterocycles. The van der Waals surface area contributed by atoms with Crippen molar-refractivity contribution in [3.05, 3.63) is 48.2 Å². The molecule has 0 N–H and O–H groups in total. The van der Waals surface area contributed by atoms with Crippen molar-refractivity contribution in [2.75, 3.05) is 7.11 Å². The van der Waals surface area contributed by atoms with Crippen molar-refractivity contribution < 1.29 is 14.3 Å². The summed E-state index contributed by atoms with van der Waals surface area (Å²) >= 11 is 0. The average Bonchev–Trinajstić information content (AvgIpc) is 2.40. The summed E-state index contributed by atoms with van der Waals surface area (Å²) in [5.41, 5.74) is 0.242. The minimum Gasteiger partial charge on any atom is -0.465 e. The second kappa shape index (κ2) is 5.07. The third kappa shape index (κ3) is 2.57. The highest BCUT2D eigenvalue weighted by atomic mass is 16.5. The molecule has 1 aromatic heterocycles. The van der Waals surface area contributed by atoms with Crippen molar-refractivity contribution in [1.82, 2.24) is 10.2 Å². The van der Waals surface area contributed by atoms with Crippen molar-refractivity contribution in [1.29, 1.82) is 0 Å². The van der Waals surface area contributed by atoms with Crippen LogP contribution in [0.5, 0.6) is 11.6 Å². The van der Waals surface area contributed by atoms with Crippen LogP contribution < -0.4 is 4.74 Å². The van der Waals surface area contributed by atoms with Crippen LogP contribution >= 0.6 is 0 Å². The van der Waals surface area contributed by atoms with Gasteiger partial charge in [0, 0.05) is 0 Å². The van der Waals surface area contributed by atoms with E-state index in [9.17, 15) is 4.79 Å². The number of ether oxygens (including phenoxy) is 2. The molecule has 0 saturated carbocycles. The fraction of sp³-hybridized carbons (Fsp3) is 0.0833. The quantitative estimate of drug-likeness (QED) is 0.755. The van der Waals surface area contributed by atoms with Crippen LogP contribution in [0.1, 0.15) is 10.4 Å². The number of carbonyl (C=O) groups is 1. The summed E-state index contributed by atoms with van der Waals surface area (Å²) < 4.78 is 10.1. The number of benzene rings is 1. The number of hydrogen-bond donors (Lipinski definition) is 0. The van der Waals surface area contributed by atoms with Gasteiger partial charge in [0.15, 0.2) is 0 Å². The Labute approximate surface area is 98.0 Å². The number of rotatable bonds is 3. The fourth-order valence-electron chi connectivity index (χ4n) is 1.26. The molecule has 5 heteroatoms. The second-order valence-corrected chi connectivity index (χ2v) is 3.16. The van der Waals surface area contributed by atoms with E-state index >= 15 is 0 Å². The Hall–Kier alpha value is -2.43. The molecule has 0 spiro atoms. The number of carbonyl (C=O) groups excluding carboxylic acids is 1. The maximum Gasteiger partial charge on any atom is 0.343 e. The van der Waals surface area contributed by atoms with E-state index in [1.165, 1.54) is 19.4 Å². The summed E-state index contributed by atoms with van der Waals surface area (Å²) in [6.07, 6.45) is 1.41. The lowest BCUT2D eigenvalue weighted by atomic mass is 10.3. The molecule has 0 radical (unpaired) electrons. The van der Waals surface area contributed by atoms with Crippen LogP contribution in [0.15, 0.2) is 42.6 Å². The zero-order valence-electron chi connectivity index (χ0n) is 9.16. The van der Waals surface area contributed by atoms with E-state index in [4.69, 9.17) is 4.74 Å². The molecule has 0 aliphatic rings. The van der Waals surface area contributed by atoms with Gasteiger partial charge in [-0.15, -0.1) is 5.10 Å². The number of para-hydroxylation sites is 1. The fourth-order valence-corrected chi connectivity index (χ4v) is 1.26. The predicted octanol–water partition coefficient (Wildman–Crippen LogP) is 2.06. The predicted molar refractivity (Wildman–Crippen MR) is 59.9 cm³/mol. The number of methoxy groups -OCH3 is 1. The lowest BCUT2D eigenvalue weighted by molar-refractivity contribution is 0.0596. The molecular weight excluding hydrogens is 220 g/mol. The van der Waals surface area contributed by atoms with E-state index < -0.39 is 5.97 Å². The second-order valence-electron chi connectivity index (χ2n) is 3.16. The molecule has 0 atom stereocenters. The maximum absolute atomic E-state index is 11.5. The van der Waals surface area contributed by atoms with Crippen molar-refractivity contribution in [3.63, 3.8) is 0 Å². The van der Waals surface area contributed by atoms with Gasteiger partial charge in [0.2, 0.25) is 0 Å². The molecule has 1 aromatic carbocycles. The Morgan fingerprint density at radius 2 is 1.94 bits per heavy atom. The standard InChI is InChI=1S/C12H10N2O3/c1-16-12(15)10-7-8-13-14-11(10)17-9-5-3-2-4-6-9/h2-8H,1H3. The smallest absolute Gasteiger partial charge is 0.343 e. The normalized spacial score (nSPS) is 9.71. The SMILES string of the molecule is COC(=O)c1ccnnc1Oc1ccccc1. The highest BCUT2D eigenvalue weighted by Crippen LogP contribution is 2.22. The van der Waals surface area contributed by atoms with E-state index in [1.807, 2.05) is 18.2 Å². The summed E-state index contributed by atoms with van der Waals surface area (Å²) in [5.74, 6) is 0.203. The topological polar surface area (TPSA) is 61.3 Å². The Kier molecular flexibility index (Phi) is 3.30. The molecule has 0 aliphatic heterocycles. The summed E-state index contributed by atoms with van der Waals surface area (Å²) in [7, 11) is 1.30. The highest BCUT2D eigenvalue weighted by Gasteiger charge is 2.14. The average molecular weight is 230 g/mol. The van der Waals surface area contributed by atoms with Crippen LogP contribution in [-0.4, -0.2) is 23.3 Å². The number of aromatic nitrogens is 2. The van der Waals surface area contributed by atoms with Crippen LogP contribution in [0.2, 0.25) is 0 Å². The summed E-state index contributed by atoms with van der Waals surface area (Å²) in [4.78, 5) is 11.5. The molecule has 0 bridgehead atoms. The summed E-state index contributed by atoms with van der Waals surface area (Å²) in [6.45, 7) is 0. The molecule has 0 fully saturated rings. The molecule has 5 nitrogen and oxygen atoms in total. The number of nitrogens with zero attached hydrogens (tertiary/aromatic N) is 2. The zero-order valence-corrected chi connectivity index (χ0v) is 9.16. The first-order valence-corrected chi connectivity index (χ1v) is 4.94. The van der Waals surface area contributed by atoms with E-state index in [1.54, 1.807) is 12.1 Å². The van der Waals surface area contributed by atoms with Gasteiger partial charge in [-0.3, -0.25) is 0 Å². The lowest BCUT2D eigenvalue weighted by Gasteiger charge is -2.06. The van der Waals surface area contributed by atoms with Crippen molar-refractivity contribution in [2.45, 2.75) is 0 Å². The lowest BCUT2D eigenvalue weighted by Crippen LogP contribution is -2.05. The van der Waals surface area contributed by atoms with Crippen LogP contribution in [0, 0.1) is 0 Å². The zero-order chi connectivity index (χ0) is 12.1. The molecule has 17 heavy (non-hydrogen) atoms. The minimum absolute atomic E-state index is 0.130. The van der Waals surface area contributed by atoms with Crippen LogP contribution in [0.3, 0.4) is 0 Å². The van der Waals surface area contributed by atoms with Crippen molar-refractivity contribution in [2.24, 2.45) is 0 Å². The van der Waals surface area contributed by atoms with Gasteiger partial charge < -0.3 is 9.47 Å². The van der Waals surface area contributed by atoms with E-state index in [2.05, 4.69) is 14.9 Å². The van der Waals surface area contributed by atoms with Gasteiger partial charge in [0.05, 0.1) is 13.3 Å². The molecule has 0 unspecified atom stereocenters. The van der Waals surface area contributed by atoms with Gasteiger partial charge >= 0.3 is 5.97 Å². The van der Waals surface area contributed by atoms with Crippen molar-refractivity contribution in [3.8, 4) is 11.6 Å². The first-order valence-electron chi connectivity index (χ1n) is 4.94. The van der Waals surface area contributed by atoms with Gasteiger partial charge in [-0.25, -0.2) is 4.79 Å². The highest BCUT2D eigenvalue weighted by molar-refractivity contribution is 5.91. The largest absolute Gasteiger partial charge is 0.465 e. The molecule has 2 rings (SSSR count). The van der Waals surface area contributed by atoms with E-state index in [0.29, 0.717) is 5.75 Å². The van der Waals surface area contributed by atoms with Gasteiger partial charge in [0.1, 0.15) is 11.3 Å². The Morgan fingerprint density at radius 1 is 1.18 bits per heavy atom. The molecule has 0 aliphatic carbocycles. The third-order valence-corrected chi connectivity index (χ3v) is 2.05. The first-order chi connectivity index (χ1) is 8.31. The van der Waals surface area contributed by atoms with Crippen LogP contribution in [0.4, 0.5) is 0 Å². The summed E-state index contributed by atoms with van der Waals surface area (Å²) in [6, 6.07) is 10.5. The van der Waals surface area contributed by atoms with Gasteiger partial charge in [-0.05, 0) is 18.2 Å². The molecule has 2 aromatic rings. The molecular formula is C12H10N2O3. The molecule has 86 valence electrons. The van der Waals surface area contributed by atoms with Gasteiger partial charge in [-0.2, -0.15) is 5.10 Å². The monoisotopic (exact) mass is 230 g/mol. The van der Waals surface area contributed by atoms with Gasteiger partial charge in [0.25, 0.3) is 5.88 Å². The minimum atomic E-state index is -0.508. The number of esters is 1. The van der Waals surface area contributed by atoms with E-state index in [0.717, 1.165) is 0 Å². The third-order valence-electron chi connectivity index (χ3n) is 2.05. The molecule has 1 heterocycles. The Morgan fingerprint density at radius 3 is 2.65 bits per heavy atom. The number of hydrogen-bond acceptors (Lipinski definition) is 5. The maximum atomic E-state index is 11.5. The first kappa shape index (κ1) is 11.1.